The normalized spacial score (nSPS) is 18.8. The average molecular weight is 380 g/mol. The molecule has 2 aromatic rings. The van der Waals surface area contributed by atoms with Crippen molar-refractivity contribution in [3.8, 4) is 0 Å². The number of rotatable bonds is 5. The molecule has 1 amide bonds. The number of aryl methyl sites for hydroxylation is 2. The molecule has 1 atom stereocenters. The minimum Gasteiger partial charge on any atom is -0.352 e. The molecule has 142 valence electrons. The number of amides is 1. The fraction of sp³-hybridized carbons (Fsp3) is 0.562. The van der Waals surface area contributed by atoms with Gasteiger partial charge in [0.2, 0.25) is 15.9 Å². The summed E-state index contributed by atoms with van der Waals surface area (Å²) in [5.41, 5.74) is 1.95. The lowest BCUT2D eigenvalue weighted by molar-refractivity contribution is -0.126. The highest BCUT2D eigenvalue weighted by molar-refractivity contribution is 7.89. The van der Waals surface area contributed by atoms with E-state index in [2.05, 4.69) is 15.5 Å². The minimum absolute atomic E-state index is 0.126. The lowest BCUT2D eigenvalue weighted by atomic mass is 9.99. The fourth-order valence-electron chi connectivity index (χ4n) is 3.10. The van der Waals surface area contributed by atoms with Gasteiger partial charge in [-0.25, -0.2) is 8.42 Å². The molecule has 1 N–H and O–H groups in total. The van der Waals surface area contributed by atoms with Crippen LogP contribution < -0.4 is 5.32 Å². The number of aromatic nitrogens is 4. The average Bonchev–Trinajstić information content (AvgIpc) is 3.20. The number of sulfonamides is 1. The maximum Gasteiger partial charge on any atom is 0.246 e. The molecule has 2 aromatic heterocycles. The number of hydrogen-bond donors (Lipinski definition) is 1. The third-order valence-corrected chi connectivity index (χ3v) is 6.68. The first-order valence-corrected chi connectivity index (χ1v) is 9.97. The Balaban J connectivity index is 1.64. The van der Waals surface area contributed by atoms with E-state index in [0.717, 1.165) is 11.3 Å². The zero-order valence-electron chi connectivity index (χ0n) is 15.2. The predicted molar refractivity (Wildman–Crippen MR) is 94.5 cm³/mol. The number of hydrogen-bond acceptors (Lipinski definition) is 5. The van der Waals surface area contributed by atoms with E-state index in [1.807, 2.05) is 14.0 Å². The van der Waals surface area contributed by atoms with Crippen molar-refractivity contribution >= 4 is 15.9 Å². The van der Waals surface area contributed by atoms with Crippen molar-refractivity contribution in [2.24, 2.45) is 20.0 Å². The number of nitrogens with one attached hydrogen (secondary N) is 1. The number of nitrogens with zero attached hydrogens (tertiary/aromatic N) is 5. The van der Waals surface area contributed by atoms with E-state index in [4.69, 9.17) is 0 Å². The first kappa shape index (κ1) is 18.6. The topological polar surface area (TPSA) is 102 Å². The van der Waals surface area contributed by atoms with Gasteiger partial charge in [-0.3, -0.25) is 14.2 Å². The number of carbonyl (C=O) groups is 1. The molecule has 9 nitrogen and oxygen atoms in total. The van der Waals surface area contributed by atoms with Crippen LogP contribution in [0.1, 0.15) is 24.1 Å². The van der Waals surface area contributed by atoms with Crippen LogP contribution in [0.15, 0.2) is 23.5 Å². The molecule has 3 rings (SSSR count). The second-order valence-corrected chi connectivity index (χ2v) is 8.59. The Morgan fingerprint density at radius 3 is 2.69 bits per heavy atom. The van der Waals surface area contributed by atoms with Gasteiger partial charge in [-0.1, -0.05) is 0 Å². The van der Waals surface area contributed by atoms with Crippen molar-refractivity contribution < 1.29 is 13.2 Å². The molecule has 1 aliphatic rings. The quantitative estimate of drug-likeness (QED) is 0.797. The highest BCUT2D eigenvalue weighted by Crippen LogP contribution is 2.23. The molecule has 10 heteroatoms. The molecule has 3 heterocycles. The smallest absolute Gasteiger partial charge is 0.246 e. The summed E-state index contributed by atoms with van der Waals surface area (Å²) in [6, 6.07) is 0. The van der Waals surface area contributed by atoms with E-state index >= 15 is 0 Å². The lowest BCUT2D eigenvalue weighted by Crippen LogP contribution is -2.45. The molecule has 0 spiro atoms. The van der Waals surface area contributed by atoms with Crippen molar-refractivity contribution in [1.82, 2.24) is 29.2 Å². The van der Waals surface area contributed by atoms with Crippen molar-refractivity contribution in [3.63, 3.8) is 0 Å². The van der Waals surface area contributed by atoms with E-state index in [0.29, 0.717) is 25.9 Å². The molecule has 1 unspecified atom stereocenters. The van der Waals surface area contributed by atoms with Gasteiger partial charge < -0.3 is 5.32 Å². The third kappa shape index (κ3) is 3.65. The molecular formula is C16H24N6O3S. The molecule has 1 fully saturated rings. The summed E-state index contributed by atoms with van der Waals surface area (Å²) in [7, 11) is -0.0988. The van der Waals surface area contributed by atoms with Gasteiger partial charge in [0.05, 0.1) is 18.3 Å². The van der Waals surface area contributed by atoms with Crippen LogP contribution in [0.2, 0.25) is 0 Å². The third-order valence-electron chi connectivity index (χ3n) is 4.86. The molecule has 0 bridgehead atoms. The summed E-state index contributed by atoms with van der Waals surface area (Å²) in [6.07, 6.45) is 5.88. The van der Waals surface area contributed by atoms with Crippen LogP contribution in [-0.4, -0.2) is 51.3 Å². The van der Waals surface area contributed by atoms with Crippen LogP contribution in [0.4, 0.5) is 0 Å². The van der Waals surface area contributed by atoms with Crippen LogP contribution in [0.25, 0.3) is 0 Å². The number of carbonyl (C=O) groups excluding carboxylic acids is 1. The molecule has 0 radical (unpaired) electrons. The zero-order valence-corrected chi connectivity index (χ0v) is 16.0. The Morgan fingerprint density at radius 2 is 2.08 bits per heavy atom. The highest BCUT2D eigenvalue weighted by Gasteiger charge is 2.33. The van der Waals surface area contributed by atoms with Crippen molar-refractivity contribution in [2.75, 3.05) is 13.1 Å². The van der Waals surface area contributed by atoms with Gasteiger partial charge in [-0.2, -0.15) is 14.5 Å². The van der Waals surface area contributed by atoms with Gasteiger partial charge in [-0.05, 0) is 19.8 Å². The van der Waals surface area contributed by atoms with E-state index < -0.39 is 10.0 Å². The maximum absolute atomic E-state index is 12.7. The van der Waals surface area contributed by atoms with Gasteiger partial charge in [0.1, 0.15) is 4.90 Å². The van der Waals surface area contributed by atoms with Crippen molar-refractivity contribution in [2.45, 2.75) is 31.2 Å². The van der Waals surface area contributed by atoms with Gasteiger partial charge >= 0.3 is 0 Å². The predicted octanol–water partition coefficient (Wildman–Crippen LogP) is 0.179. The Bertz CT molecular complexity index is 901. The summed E-state index contributed by atoms with van der Waals surface area (Å²) < 4.78 is 30.0. The summed E-state index contributed by atoms with van der Waals surface area (Å²) in [5, 5.41) is 11.0. The Labute approximate surface area is 153 Å². The largest absolute Gasteiger partial charge is 0.352 e. The van der Waals surface area contributed by atoms with Crippen molar-refractivity contribution in [3.05, 3.63) is 29.8 Å². The molecule has 26 heavy (non-hydrogen) atoms. The van der Waals surface area contributed by atoms with Gasteiger partial charge in [-0.15, -0.1) is 0 Å². The second-order valence-electron chi connectivity index (χ2n) is 6.65. The first-order chi connectivity index (χ1) is 12.3. The van der Waals surface area contributed by atoms with E-state index in [1.54, 1.807) is 17.9 Å². The van der Waals surface area contributed by atoms with Crippen molar-refractivity contribution in [1.29, 1.82) is 0 Å². The molecular weight excluding hydrogens is 356 g/mol. The standard InChI is InChI=1S/C16H24N6O3S/c1-12-14(8-19-21(12)3)7-17-16(23)13-5-4-6-22(10-13)26(24,25)15-9-18-20(2)11-15/h8-9,11,13H,4-7,10H2,1-3H3,(H,17,23). The van der Waals surface area contributed by atoms with Crippen LogP contribution in [0.5, 0.6) is 0 Å². The van der Waals surface area contributed by atoms with Gasteiger partial charge in [0.15, 0.2) is 0 Å². The minimum atomic E-state index is -3.62. The Hall–Kier alpha value is -2.20. The monoisotopic (exact) mass is 380 g/mol. The zero-order chi connectivity index (χ0) is 18.9. The molecule has 0 aromatic carbocycles. The summed E-state index contributed by atoms with van der Waals surface area (Å²) in [6.45, 7) is 2.94. The number of piperidine rings is 1. The fourth-order valence-corrected chi connectivity index (χ4v) is 4.61. The highest BCUT2D eigenvalue weighted by atomic mass is 32.2. The Morgan fingerprint density at radius 1 is 1.31 bits per heavy atom. The van der Waals surface area contributed by atoms with E-state index in [1.165, 1.54) is 21.4 Å². The molecule has 0 aliphatic carbocycles. The molecule has 1 aliphatic heterocycles. The second kappa shape index (κ2) is 7.20. The van der Waals surface area contributed by atoms with E-state index in [9.17, 15) is 13.2 Å². The van der Waals surface area contributed by atoms with Crippen LogP contribution >= 0.6 is 0 Å². The Kier molecular flexibility index (Phi) is 5.15. The lowest BCUT2D eigenvalue weighted by Gasteiger charge is -2.30. The van der Waals surface area contributed by atoms with Crippen LogP contribution in [0.3, 0.4) is 0 Å². The van der Waals surface area contributed by atoms with Crippen LogP contribution in [-0.2, 0) is 35.5 Å². The molecule has 0 saturated carbocycles. The van der Waals surface area contributed by atoms with E-state index in [-0.39, 0.29) is 23.3 Å². The summed E-state index contributed by atoms with van der Waals surface area (Å²) in [5.74, 6) is -0.480. The molecule has 1 saturated heterocycles. The summed E-state index contributed by atoms with van der Waals surface area (Å²) in [4.78, 5) is 12.7. The van der Waals surface area contributed by atoms with Gasteiger partial charge in [0.25, 0.3) is 0 Å². The van der Waals surface area contributed by atoms with Gasteiger partial charge in [0, 0.05) is 51.2 Å². The first-order valence-electron chi connectivity index (χ1n) is 8.53. The van der Waals surface area contributed by atoms with Crippen LogP contribution in [0, 0.1) is 12.8 Å². The maximum atomic E-state index is 12.7. The summed E-state index contributed by atoms with van der Waals surface area (Å²) >= 11 is 0. The SMILES string of the molecule is Cc1c(CNC(=O)C2CCCN(S(=O)(=O)c3cnn(C)c3)C2)cnn1C.